The molecule has 2 aliphatic heterocycles. The molecule has 0 bridgehead atoms. The van der Waals surface area contributed by atoms with Gasteiger partial charge >= 0.3 is 0 Å². The number of nitrogens with one attached hydrogen (secondary N) is 1. The predicted molar refractivity (Wildman–Crippen MR) is 60.5 cm³/mol. The average Bonchev–Trinajstić information content (AvgIpc) is 2.48. The van der Waals surface area contributed by atoms with E-state index >= 15 is 0 Å². The Labute approximate surface area is 88.3 Å². The number of hydrogen-bond acceptors (Lipinski definition) is 3. The van der Waals surface area contributed by atoms with Crippen molar-refractivity contribution in [2.75, 3.05) is 6.54 Å². The third kappa shape index (κ3) is 1.36. The van der Waals surface area contributed by atoms with E-state index in [0.717, 1.165) is 35.6 Å². The molecule has 3 heteroatoms. The highest BCUT2D eigenvalue weighted by atomic mass is 14.9. The van der Waals surface area contributed by atoms with Crippen LogP contribution in [0.1, 0.15) is 17.7 Å². The number of aliphatic imine (C=N–C) groups is 1. The molecule has 2 aliphatic rings. The summed E-state index contributed by atoms with van der Waals surface area (Å²) in [6, 6.07) is 4.02. The normalized spacial score (nSPS) is 17.9. The van der Waals surface area contributed by atoms with Crippen LogP contribution < -0.4 is 5.32 Å². The van der Waals surface area contributed by atoms with E-state index in [4.69, 9.17) is 0 Å². The Morgan fingerprint density at radius 2 is 2.33 bits per heavy atom. The molecule has 1 aromatic heterocycles. The standard InChI is InChI=1S/C12H11N3/c1-3-9-10(13-6-1)5-8-14-11-4-2-7-15-12(9)11/h1,3-6,8,14H,2,7H2. The molecule has 3 heterocycles. The molecule has 0 amide bonds. The Morgan fingerprint density at radius 3 is 3.33 bits per heavy atom. The van der Waals surface area contributed by atoms with Crippen LogP contribution in [0.25, 0.3) is 6.08 Å². The zero-order chi connectivity index (χ0) is 10.1. The molecular weight excluding hydrogens is 186 g/mol. The van der Waals surface area contributed by atoms with Crippen molar-refractivity contribution < 1.29 is 0 Å². The van der Waals surface area contributed by atoms with Gasteiger partial charge in [-0.15, -0.1) is 0 Å². The molecule has 0 spiro atoms. The van der Waals surface area contributed by atoms with Crippen LogP contribution in [-0.4, -0.2) is 17.2 Å². The second-order valence-corrected chi connectivity index (χ2v) is 3.55. The first-order valence-electron chi connectivity index (χ1n) is 5.08. The van der Waals surface area contributed by atoms with Crippen molar-refractivity contribution >= 4 is 11.8 Å². The zero-order valence-electron chi connectivity index (χ0n) is 8.27. The molecule has 0 radical (unpaired) electrons. The van der Waals surface area contributed by atoms with Crippen molar-refractivity contribution in [1.82, 2.24) is 10.3 Å². The van der Waals surface area contributed by atoms with Gasteiger partial charge in [0.05, 0.1) is 17.1 Å². The third-order valence-electron chi connectivity index (χ3n) is 2.58. The predicted octanol–water partition coefficient (Wildman–Crippen LogP) is 1.73. The van der Waals surface area contributed by atoms with Gasteiger partial charge in [0.1, 0.15) is 0 Å². The molecule has 0 saturated carbocycles. The van der Waals surface area contributed by atoms with E-state index in [9.17, 15) is 0 Å². The van der Waals surface area contributed by atoms with Crippen LogP contribution in [0, 0.1) is 0 Å². The van der Waals surface area contributed by atoms with Crippen molar-refractivity contribution in [3.8, 4) is 0 Å². The lowest BCUT2D eigenvalue weighted by atomic mass is 10.0. The number of aromatic nitrogens is 1. The van der Waals surface area contributed by atoms with Gasteiger partial charge in [0.25, 0.3) is 0 Å². The van der Waals surface area contributed by atoms with Crippen LogP contribution in [0.5, 0.6) is 0 Å². The second kappa shape index (κ2) is 3.35. The number of rotatable bonds is 0. The molecule has 3 nitrogen and oxygen atoms in total. The molecule has 0 saturated heterocycles. The summed E-state index contributed by atoms with van der Waals surface area (Å²) in [6.07, 6.45) is 8.91. The maximum absolute atomic E-state index is 4.56. The highest BCUT2D eigenvalue weighted by Gasteiger charge is 2.17. The minimum Gasteiger partial charge on any atom is -0.360 e. The molecular formula is C12H11N3. The molecule has 15 heavy (non-hydrogen) atoms. The van der Waals surface area contributed by atoms with Crippen LogP contribution in [0.4, 0.5) is 0 Å². The molecule has 1 N–H and O–H groups in total. The van der Waals surface area contributed by atoms with Gasteiger partial charge in [-0.3, -0.25) is 9.98 Å². The van der Waals surface area contributed by atoms with E-state index in [1.54, 1.807) is 6.20 Å². The molecule has 74 valence electrons. The first-order chi connectivity index (χ1) is 7.45. The Morgan fingerprint density at radius 1 is 1.33 bits per heavy atom. The summed E-state index contributed by atoms with van der Waals surface area (Å²) in [4.78, 5) is 8.89. The van der Waals surface area contributed by atoms with E-state index in [0.29, 0.717) is 0 Å². The van der Waals surface area contributed by atoms with E-state index < -0.39 is 0 Å². The van der Waals surface area contributed by atoms with Crippen LogP contribution >= 0.6 is 0 Å². The van der Waals surface area contributed by atoms with Crippen LogP contribution in [-0.2, 0) is 0 Å². The molecule has 0 aromatic carbocycles. The minimum atomic E-state index is 0.870. The maximum atomic E-state index is 4.56. The number of pyridine rings is 1. The van der Waals surface area contributed by atoms with E-state index in [2.05, 4.69) is 27.4 Å². The third-order valence-corrected chi connectivity index (χ3v) is 2.58. The van der Waals surface area contributed by atoms with E-state index in [1.165, 1.54) is 0 Å². The van der Waals surface area contributed by atoms with Crippen molar-refractivity contribution in [3.63, 3.8) is 0 Å². The Bertz CT molecular complexity index is 483. The number of dihydropyridines is 1. The van der Waals surface area contributed by atoms with Gasteiger partial charge in [0, 0.05) is 24.5 Å². The highest BCUT2D eigenvalue weighted by molar-refractivity contribution is 6.14. The van der Waals surface area contributed by atoms with E-state index in [1.807, 2.05) is 18.3 Å². The second-order valence-electron chi connectivity index (χ2n) is 3.55. The SMILES string of the molecule is C1=Cc2ncccc2C2=NCCC=C2N1. The lowest BCUT2D eigenvalue weighted by molar-refractivity contribution is 0.951. The van der Waals surface area contributed by atoms with Gasteiger partial charge in [-0.2, -0.15) is 0 Å². The molecule has 0 atom stereocenters. The zero-order valence-corrected chi connectivity index (χ0v) is 8.27. The van der Waals surface area contributed by atoms with Crippen LogP contribution in [0.15, 0.2) is 41.3 Å². The smallest absolute Gasteiger partial charge is 0.0899 e. The minimum absolute atomic E-state index is 0.870. The first kappa shape index (κ1) is 8.41. The number of nitrogens with zero attached hydrogens (tertiary/aromatic N) is 2. The molecule has 0 fully saturated rings. The average molecular weight is 197 g/mol. The summed E-state index contributed by atoms with van der Waals surface area (Å²) < 4.78 is 0. The molecule has 0 unspecified atom stereocenters. The van der Waals surface area contributed by atoms with Gasteiger partial charge < -0.3 is 5.32 Å². The lowest BCUT2D eigenvalue weighted by Gasteiger charge is -2.14. The monoisotopic (exact) mass is 197 g/mol. The van der Waals surface area contributed by atoms with E-state index in [-0.39, 0.29) is 0 Å². The topological polar surface area (TPSA) is 37.3 Å². The van der Waals surface area contributed by atoms with Crippen LogP contribution in [0.2, 0.25) is 0 Å². The lowest BCUT2D eigenvalue weighted by Crippen LogP contribution is -2.18. The number of fused-ring (bicyclic) bond motifs is 3. The van der Waals surface area contributed by atoms with Gasteiger partial charge in [0.2, 0.25) is 0 Å². The fourth-order valence-electron chi connectivity index (χ4n) is 1.89. The summed E-state index contributed by atoms with van der Waals surface area (Å²) in [6.45, 7) is 0.870. The van der Waals surface area contributed by atoms with Crippen LogP contribution in [0.3, 0.4) is 0 Å². The quantitative estimate of drug-likeness (QED) is 0.687. The maximum Gasteiger partial charge on any atom is 0.0899 e. The molecule has 1 aromatic rings. The van der Waals surface area contributed by atoms with Crippen molar-refractivity contribution in [2.24, 2.45) is 4.99 Å². The largest absolute Gasteiger partial charge is 0.360 e. The summed E-state index contributed by atoms with van der Waals surface area (Å²) >= 11 is 0. The Hall–Kier alpha value is -1.90. The van der Waals surface area contributed by atoms with Gasteiger partial charge in [0.15, 0.2) is 0 Å². The fraction of sp³-hybridized carbons (Fsp3) is 0.167. The summed E-state index contributed by atoms with van der Waals surface area (Å²) in [5.41, 5.74) is 4.23. The Balaban J connectivity index is 2.21. The van der Waals surface area contributed by atoms with Crippen molar-refractivity contribution in [2.45, 2.75) is 6.42 Å². The fourth-order valence-corrected chi connectivity index (χ4v) is 1.89. The van der Waals surface area contributed by atoms with Gasteiger partial charge in [-0.1, -0.05) is 6.08 Å². The molecule has 3 rings (SSSR count). The van der Waals surface area contributed by atoms with Crippen molar-refractivity contribution in [1.29, 1.82) is 0 Å². The van der Waals surface area contributed by atoms with Gasteiger partial charge in [-0.05, 0) is 24.6 Å². The summed E-state index contributed by atoms with van der Waals surface area (Å²) in [5.74, 6) is 0. The Kier molecular flexibility index (Phi) is 1.88. The van der Waals surface area contributed by atoms with Crippen molar-refractivity contribution in [3.05, 3.63) is 47.6 Å². The van der Waals surface area contributed by atoms with Gasteiger partial charge in [-0.25, -0.2) is 0 Å². The summed E-state index contributed by atoms with van der Waals surface area (Å²) in [5, 5.41) is 3.24. The number of allylic oxidation sites excluding steroid dienone is 1. The number of hydrogen-bond donors (Lipinski definition) is 1. The summed E-state index contributed by atoms with van der Waals surface area (Å²) in [7, 11) is 0. The first-order valence-corrected chi connectivity index (χ1v) is 5.08. The highest BCUT2D eigenvalue weighted by Crippen LogP contribution is 2.19. The molecule has 0 aliphatic carbocycles.